The van der Waals surface area contributed by atoms with E-state index in [1.165, 1.54) is 13.0 Å². The molecule has 1 aromatic rings. The predicted octanol–water partition coefficient (Wildman–Crippen LogP) is 0.574. The molecule has 1 aliphatic carbocycles. The average molecular weight is 258 g/mol. The maximum atomic E-state index is 12.0. The first-order chi connectivity index (χ1) is 8.95. The maximum absolute atomic E-state index is 12.0. The molecular weight excluding hydrogens is 248 g/mol. The van der Waals surface area contributed by atoms with Crippen LogP contribution in [0.25, 0.3) is 5.57 Å². The molecular formula is C13H10N2O4. The number of carbonyl (C=O) groups is 2. The first kappa shape index (κ1) is 11.8. The molecule has 1 aromatic carbocycles. The second-order valence-corrected chi connectivity index (χ2v) is 4.52. The van der Waals surface area contributed by atoms with Crippen LogP contribution in [0.3, 0.4) is 0 Å². The first-order valence-electron chi connectivity index (χ1n) is 5.64. The smallest absolute Gasteiger partial charge is 0.285 e. The van der Waals surface area contributed by atoms with Crippen molar-refractivity contribution in [3.05, 3.63) is 40.5 Å². The van der Waals surface area contributed by atoms with E-state index in [9.17, 15) is 19.9 Å². The number of rotatable bonds is 0. The summed E-state index contributed by atoms with van der Waals surface area (Å²) in [6.45, 7) is 1.51. The molecule has 0 aromatic heterocycles. The molecule has 0 saturated carbocycles. The summed E-state index contributed by atoms with van der Waals surface area (Å²) in [5, 5.41) is 27.4. The Morgan fingerprint density at radius 1 is 1.21 bits per heavy atom. The highest BCUT2D eigenvalue weighted by Crippen LogP contribution is 2.38. The van der Waals surface area contributed by atoms with E-state index in [1.54, 1.807) is 12.1 Å². The van der Waals surface area contributed by atoms with E-state index in [-0.39, 0.29) is 27.5 Å². The van der Waals surface area contributed by atoms with Gasteiger partial charge < -0.3 is 10.5 Å². The minimum atomic E-state index is -1.21. The van der Waals surface area contributed by atoms with Gasteiger partial charge in [0.2, 0.25) is 0 Å². The second kappa shape index (κ2) is 3.59. The van der Waals surface area contributed by atoms with Gasteiger partial charge in [-0.25, -0.2) is 0 Å². The van der Waals surface area contributed by atoms with E-state index < -0.39 is 17.9 Å². The quantitative estimate of drug-likeness (QED) is 0.467. The Labute approximate surface area is 108 Å². The van der Waals surface area contributed by atoms with Crippen molar-refractivity contribution in [3.8, 4) is 0 Å². The number of imide groups is 1. The normalized spacial score (nSPS) is 21.9. The number of hydrogen-bond donors (Lipinski definition) is 3. The molecule has 2 amide bonds. The molecule has 6 heteroatoms. The molecule has 1 unspecified atom stereocenters. The second-order valence-electron chi connectivity index (χ2n) is 4.52. The Kier molecular flexibility index (Phi) is 2.23. The lowest BCUT2D eigenvalue weighted by molar-refractivity contribution is -0.147. The Balaban J connectivity index is 2.46. The number of aliphatic hydroxyl groups excluding tert-OH is 1. The molecule has 0 bridgehead atoms. The minimum absolute atomic E-state index is 0.0482. The third-order valence-electron chi connectivity index (χ3n) is 3.51. The summed E-state index contributed by atoms with van der Waals surface area (Å²) in [5.41, 5.74) is 1.14. The van der Waals surface area contributed by atoms with Crippen LogP contribution in [0.5, 0.6) is 0 Å². The molecule has 0 fully saturated rings. The molecule has 2 aliphatic rings. The van der Waals surface area contributed by atoms with Crippen molar-refractivity contribution >= 4 is 23.1 Å². The third kappa shape index (κ3) is 1.29. The largest absolute Gasteiger partial charge is 0.382 e. The van der Waals surface area contributed by atoms with Crippen LogP contribution < -0.4 is 0 Å². The summed E-state index contributed by atoms with van der Waals surface area (Å²) in [5.74, 6) is -1.68. The summed E-state index contributed by atoms with van der Waals surface area (Å²) < 4.78 is 0. The highest BCUT2D eigenvalue weighted by atomic mass is 16.5. The molecule has 19 heavy (non-hydrogen) atoms. The molecule has 1 heterocycles. The van der Waals surface area contributed by atoms with Gasteiger partial charge in [0.15, 0.2) is 0 Å². The summed E-state index contributed by atoms with van der Waals surface area (Å²) in [4.78, 5) is 23.9. The van der Waals surface area contributed by atoms with E-state index in [4.69, 9.17) is 5.41 Å². The third-order valence-corrected chi connectivity index (χ3v) is 3.51. The lowest BCUT2D eigenvalue weighted by Gasteiger charge is -2.32. The van der Waals surface area contributed by atoms with Gasteiger partial charge in [-0.2, -0.15) is 0 Å². The number of benzene rings is 1. The molecule has 6 nitrogen and oxygen atoms in total. The molecule has 0 saturated heterocycles. The fraction of sp³-hybridized carbons (Fsp3) is 0.154. The van der Waals surface area contributed by atoms with Crippen LogP contribution in [0.2, 0.25) is 0 Å². The van der Waals surface area contributed by atoms with Crippen molar-refractivity contribution in [1.29, 1.82) is 5.41 Å². The van der Waals surface area contributed by atoms with Gasteiger partial charge in [0.05, 0.1) is 16.8 Å². The molecule has 3 N–H and O–H groups in total. The van der Waals surface area contributed by atoms with Crippen LogP contribution in [0, 0.1) is 5.41 Å². The minimum Gasteiger partial charge on any atom is -0.382 e. The van der Waals surface area contributed by atoms with E-state index in [0.29, 0.717) is 11.1 Å². The van der Waals surface area contributed by atoms with Gasteiger partial charge in [-0.05, 0) is 18.6 Å². The zero-order chi connectivity index (χ0) is 13.9. The number of carbonyl (C=O) groups excluding carboxylic acids is 2. The molecule has 0 spiro atoms. The van der Waals surface area contributed by atoms with E-state index in [1.807, 2.05) is 0 Å². The van der Waals surface area contributed by atoms with E-state index in [2.05, 4.69) is 0 Å². The lowest BCUT2D eigenvalue weighted by atomic mass is 9.78. The fourth-order valence-corrected chi connectivity index (χ4v) is 2.51. The summed E-state index contributed by atoms with van der Waals surface area (Å²) in [6, 6.07) is 4.61. The van der Waals surface area contributed by atoms with Crippen molar-refractivity contribution in [2.45, 2.75) is 13.0 Å². The fourth-order valence-electron chi connectivity index (χ4n) is 2.51. The monoisotopic (exact) mass is 258 g/mol. The molecule has 1 aliphatic heterocycles. The highest BCUT2D eigenvalue weighted by Gasteiger charge is 2.41. The molecule has 96 valence electrons. The van der Waals surface area contributed by atoms with Crippen LogP contribution in [0.1, 0.15) is 28.4 Å². The van der Waals surface area contributed by atoms with E-state index >= 15 is 0 Å². The highest BCUT2D eigenvalue weighted by molar-refractivity contribution is 6.35. The van der Waals surface area contributed by atoms with Crippen molar-refractivity contribution < 1.29 is 19.9 Å². The van der Waals surface area contributed by atoms with Gasteiger partial charge in [-0.1, -0.05) is 12.1 Å². The van der Waals surface area contributed by atoms with Crippen LogP contribution >= 0.6 is 0 Å². The molecule has 1 atom stereocenters. The number of aliphatic hydroxyl groups is 1. The van der Waals surface area contributed by atoms with Crippen LogP contribution in [0.4, 0.5) is 0 Å². The predicted molar refractivity (Wildman–Crippen MR) is 64.8 cm³/mol. The van der Waals surface area contributed by atoms with Crippen LogP contribution in [-0.4, -0.2) is 39.0 Å². The topological polar surface area (TPSA) is 102 Å². The number of hydroxylamine groups is 2. The van der Waals surface area contributed by atoms with Crippen LogP contribution in [-0.2, 0) is 4.79 Å². The Morgan fingerprint density at radius 2 is 1.84 bits per heavy atom. The van der Waals surface area contributed by atoms with Crippen molar-refractivity contribution in [2.75, 3.05) is 0 Å². The Morgan fingerprint density at radius 3 is 2.53 bits per heavy atom. The average Bonchev–Trinajstić information content (AvgIpc) is 2.41. The van der Waals surface area contributed by atoms with Crippen molar-refractivity contribution in [3.63, 3.8) is 0 Å². The number of nitrogens with one attached hydrogen (secondary N) is 1. The van der Waals surface area contributed by atoms with Gasteiger partial charge in [0, 0.05) is 11.1 Å². The van der Waals surface area contributed by atoms with Crippen molar-refractivity contribution in [1.82, 2.24) is 5.06 Å². The zero-order valence-corrected chi connectivity index (χ0v) is 9.97. The number of nitrogens with zero attached hydrogens (tertiary/aromatic N) is 1. The Hall–Kier alpha value is -2.31. The summed E-state index contributed by atoms with van der Waals surface area (Å²) in [7, 11) is 0. The van der Waals surface area contributed by atoms with E-state index in [0.717, 1.165) is 0 Å². The van der Waals surface area contributed by atoms with Crippen molar-refractivity contribution in [2.24, 2.45) is 0 Å². The van der Waals surface area contributed by atoms with Gasteiger partial charge >= 0.3 is 0 Å². The molecule has 0 radical (unpaired) electrons. The SMILES string of the molecule is CC1=C2C(=O)N(O)C(=O)c3cccc(c32)C(=N)C1O. The summed E-state index contributed by atoms with van der Waals surface area (Å²) in [6.07, 6.45) is -1.21. The standard InChI is InChI=1S/C13H10N2O4/c1-5-8-9-6(10(14)11(5)16)3-2-4-7(9)12(17)15(19)13(8)18/h2-4,11,14,16,19H,1H3. The van der Waals surface area contributed by atoms with Crippen LogP contribution in [0.15, 0.2) is 23.8 Å². The van der Waals surface area contributed by atoms with Gasteiger partial charge in [-0.3, -0.25) is 14.8 Å². The number of amides is 2. The molecule has 3 rings (SSSR count). The Bertz CT molecular complexity index is 690. The number of hydrogen-bond acceptors (Lipinski definition) is 5. The zero-order valence-electron chi connectivity index (χ0n) is 9.97. The summed E-state index contributed by atoms with van der Waals surface area (Å²) >= 11 is 0. The van der Waals surface area contributed by atoms with Gasteiger partial charge in [-0.15, -0.1) is 5.06 Å². The van der Waals surface area contributed by atoms with Gasteiger partial charge in [0.1, 0.15) is 6.10 Å². The maximum Gasteiger partial charge on any atom is 0.285 e. The lowest BCUT2D eigenvalue weighted by Crippen LogP contribution is -2.43. The van der Waals surface area contributed by atoms with Gasteiger partial charge in [0.25, 0.3) is 11.8 Å². The first-order valence-corrected chi connectivity index (χ1v) is 5.64.